The summed E-state index contributed by atoms with van der Waals surface area (Å²) in [5.41, 5.74) is 1.21. The molecule has 0 saturated heterocycles. The second-order valence-corrected chi connectivity index (χ2v) is 10.2. The van der Waals surface area contributed by atoms with E-state index in [0.717, 1.165) is 0 Å². The standard InChI is InChI=1S/C21H24N4O5Si/c1-29-15-8-4-13(5-9-15)19(24-18(26)12-17-23-21(28)30-25-17)20(27)22-14-6-10-16(11-7-14)31(2)3/h4-11,19,31H,12H2,1-3H3,(H,22,27)(H,24,26)(H,23,25,28). The molecule has 9 nitrogen and oxygen atoms in total. The molecule has 3 N–H and O–H groups in total. The second kappa shape index (κ2) is 9.89. The Morgan fingerprint density at radius 2 is 1.81 bits per heavy atom. The van der Waals surface area contributed by atoms with Crippen LogP contribution in [0.1, 0.15) is 17.4 Å². The molecule has 0 spiro atoms. The lowest BCUT2D eigenvalue weighted by Gasteiger charge is -2.19. The SMILES string of the molecule is COc1ccc(C(NC(=O)Cc2noc(=O)[nH]2)C(=O)Nc2ccc([SiH](C)C)cc2)cc1. The molecule has 0 aliphatic rings. The summed E-state index contributed by atoms with van der Waals surface area (Å²) < 4.78 is 9.56. The molecule has 162 valence electrons. The number of nitrogens with one attached hydrogen (secondary N) is 3. The molecule has 0 fully saturated rings. The smallest absolute Gasteiger partial charge is 0.438 e. The zero-order valence-electron chi connectivity index (χ0n) is 17.5. The first kappa shape index (κ1) is 22.0. The van der Waals surface area contributed by atoms with Gasteiger partial charge in [0.2, 0.25) is 5.91 Å². The van der Waals surface area contributed by atoms with Crippen molar-refractivity contribution in [2.45, 2.75) is 25.6 Å². The molecule has 1 atom stereocenters. The van der Waals surface area contributed by atoms with Gasteiger partial charge >= 0.3 is 5.76 Å². The Morgan fingerprint density at radius 3 is 2.35 bits per heavy atom. The van der Waals surface area contributed by atoms with Crippen LogP contribution in [0.2, 0.25) is 13.1 Å². The molecule has 2 aromatic carbocycles. The zero-order chi connectivity index (χ0) is 22.4. The van der Waals surface area contributed by atoms with Crippen LogP contribution < -0.4 is 26.3 Å². The summed E-state index contributed by atoms with van der Waals surface area (Å²) in [6.07, 6.45) is -0.237. The molecule has 0 aliphatic heterocycles. The highest BCUT2D eigenvalue weighted by molar-refractivity contribution is 6.70. The second-order valence-electron chi connectivity index (χ2n) is 7.26. The van der Waals surface area contributed by atoms with E-state index < -0.39 is 32.4 Å². The number of H-pyrrole nitrogens is 1. The molecule has 0 saturated carbocycles. The number of hydrogen-bond donors (Lipinski definition) is 3. The fourth-order valence-corrected chi connectivity index (χ4v) is 3.93. The maximum Gasteiger partial charge on any atom is 0.438 e. The first-order valence-electron chi connectivity index (χ1n) is 9.74. The number of anilines is 1. The number of carbonyl (C=O) groups is 2. The molecule has 1 heterocycles. The highest BCUT2D eigenvalue weighted by atomic mass is 28.3. The predicted molar refractivity (Wildman–Crippen MR) is 118 cm³/mol. The number of aromatic nitrogens is 2. The van der Waals surface area contributed by atoms with Crippen LogP contribution in [0.5, 0.6) is 5.75 Å². The number of aromatic amines is 1. The van der Waals surface area contributed by atoms with Crippen molar-refractivity contribution in [1.29, 1.82) is 0 Å². The third kappa shape index (κ3) is 5.92. The number of amides is 2. The summed E-state index contributed by atoms with van der Waals surface area (Å²) >= 11 is 0. The van der Waals surface area contributed by atoms with Crippen molar-refractivity contribution in [2.75, 3.05) is 12.4 Å². The summed E-state index contributed by atoms with van der Waals surface area (Å²) in [4.78, 5) is 38.9. The minimum absolute atomic E-state index is 0.0739. The Labute approximate surface area is 180 Å². The van der Waals surface area contributed by atoms with Crippen LogP contribution in [-0.2, 0) is 16.0 Å². The van der Waals surface area contributed by atoms with Crippen molar-refractivity contribution in [3.63, 3.8) is 0 Å². The fourth-order valence-electron chi connectivity index (χ4n) is 2.96. The first-order valence-corrected chi connectivity index (χ1v) is 12.6. The van der Waals surface area contributed by atoms with Crippen molar-refractivity contribution in [3.05, 3.63) is 70.5 Å². The van der Waals surface area contributed by atoms with Gasteiger partial charge in [-0.25, -0.2) is 4.79 Å². The van der Waals surface area contributed by atoms with Crippen molar-refractivity contribution in [2.24, 2.45) is 0 Å². The van der Waals surface area contributed by atoms with Crippen LogP contribution in [-0.4, -0.2) is 37.9 Å². The third-order valence-electron chi connectivity index (χ3n) is 4.67. The van der Waals surface area contributed by atoms with Crippen molar-refractivity contribution in [1.82, 2.24) is 15.5 Å². The summed E-state index contributed by atoms with van der Waals surface area (Å²) in [6.45, 7) is 4.45. The van der Waals surface area contributed by atoms with Gasteiger partial charge in [-0.2, -0.15) is 0 Å². The molecular formula is C21H24N4O5Si. The van der Waals surface area contributed by atoms with E-state index in [1.165, 1.54) is 5.19 Å². The number of nitrogens with zero attached hydrogens (tertiary/aromatic N) is 1. The Hall–Kier alpha value is -3.66. The highest BCUT2D eigenvalue weighted by Crippen LogP contribution is 2.20. The average molecular weight is 441 g/mol. The molecule has 1 unspecified atom stereocenters. The lowest BCUT2D eigenvalue weighted by atomic mass is 10.1. The molecular weight excluding hydrogens is 416 g/mol. The number of methoxy groups -OCH3 is 1. The number of hydrogen-bond acceptors (Lipinski definition) is 6. The van der Waals surface area contributed by atoms with E-state index in [4.69, 9.17) is 4.74 Å². The summed E-state index contributed by atoms with van der Waals surface area (Å²) in [6, 6.07) is 13.6. The molecule has 3 aromatic rings. The van der Waals surface area contributed by atoms with E-state index in [9.17, 15) is 14.4 Å². The van der Waals surface area contributed by atoms with Gasteiger partial charge in [-0.05, 0) is 29.8 Å². The van der Waals surface area contributed by atoms with Crippen LogP contribution in [0.3, 0.4) is 0 Å². The Kier molecular flexibility index (Phi) is 7.03. The third-order valence-corrected chi connectivity index (χ3v) is 6.39. The Balaban J connectivity index is 1.78. The van der Waals surface area contributed by atoms with E-state index in [-0.39, 0.29) is 12.2 Å². The van der Waals surface area contributed by atoms with Crippen LogP contribution in [0.4, 0.5) is 5.69 Å². The number of ether oxygens (including phenoxy) is 1. The van der Waals surface area contributed by atoms with E-state index in [0.29, 0.717) is 17.0 Å². The van der Waals surface area contributed by atoms with Crippen molar-refractivity contribution < 1.29 is 18.8 Å². The minimum atomic E-state index is -0.962. The molecule has 31 heavy (non-hydrogen) atoms. The normalized spacial score (nSPS) is 11.7. The topological polar surface area (TPSA) is 126 Å². The molecule has 2 amide bonds. The quantitative estimate of drug-likeness (QED) is 0.451. The monoisotopic (exact) mass is 440 g/mol. The van der Waals surface area contributed by atoms with E-state index in [2.05, 4.69) is 38.4 Å². The predicted octanol–water partition coefficient (Wildman–Crippen LogP) is 1.10. The van der Waals surface area contributed by atoms with Gasteiger partial charge in [0.05, 0.1) is 22.3 Å². The Morgan fingerprint density at radius 1 is 1.13 bits per heavy atom. The molecule has 1 aromatic heterocycles. The molecule has 10 heteroatoms. The van der Waals surface area contributed by atoms with Crippen LogP contribution in [0.15, 0.2) is 57.8 Å². The van der Waals surface area contributed by atoms with Gasteiger partial charge in [-0.1, -0.05) is 47.7 Å². The summed E-state index contributed by atoms with van der Waals surface area (Å²) in [7, 11) is 0.610. The fraction of sp³-hybridized carbons (Fsp3) is 0.238. The van der Waals surface area contributed by atoms with Crippen LogP contribution >= 0.6 is 0 Å². The van der Waals surface area contributed by atoms with Crippen LogP contribution in [0.25, 0.3) is 0 Å². The highest BCUT2D eigenvalue weighted by Gasteiger charge is 2.24. The zero-order valence-corrected chi connectivity index (χ0v) is 18.6. The lowest BCUT2D eigenvalue weighted by Crippen LogP contribution is -2.38. The van der Waals surface area contributed by atoms with Gasteiger partial charge in [-0.3, -0.25) is 19.1 Å². The van der Waals surface area contributed by atoms with Gasteiger partial charge in [0.15, 0.2) is 5.82 Å². The molecule has 0 bridgehead atoms. The van der Waals surface area contributed by atoms with Gasteiger partial charge in [0.1, 0.15) is 11.8 Å². The van der Waals surface area contributed by atoms with Crippen LogP contribution in [0, 0.1) is 0 Å². The largest absolute Gasteiger partial charge is 0.497 e. The maximum atomic E-state index is 13.0. The number of rotatable bonds is 8. The number of carbonyl (C=O) groups excluding carboxylic acids is 2. The summed E-state index contributed by atoms with van der Waals surface area (Å²) in [5, 5.41) is 10.3. The van der Waals surface area contributed by atoms with Crippen molar-refractivity contribution >= 4 is 31.5 Å². The number of benzene rings is 2. The van der Waals surface area contributed by atoms with Gasteiger partial charge in [0, 0.05) is 5.69 Å². The van der Waals surface area contributed by atoms with Gasteiger partial charge in [-0.15, -0.1) is 0 Å². The van der Waals surface area contributed by atoms with E-state index in [1.807, 2.05) is 24.3 Å². The molecule has 0 radical (unpaired) electrons. The lowest BCUT2D eigenvalue weighted by molar-refractivity contribution is -0.126. The Bertz CT molecular complexity index is 1090. The summed E-state index contributed by atoms with van der Waals surface area (Å²) in [5.74, 6) is -0.948. The van der Waals surface area contributed by atoms with Gasteiger partial charge < -0.3 is 15.4 Å². The van der Waals surface area contributed by atoms with Crippen molar-refractivity contribution in [3.8, 4) is 5.75 Å². The maximum absolute atomic E-state index is 13.0. The molecule has 3 rings (SSSR count). The average Bonchev–Trinajstić information content (AvgIpc) is 3.16. The van der Waals surface area contributed by atoms with Gasteiger partial charge in [0.25, 0.3) is 5.91 Å². The first-order chi connectivity index (χ1) is 14.9. The minimum Gasteiger partial charge on any atom is -0.497 e. The van der Waals surface area contributed by atoms with E-state index in [1.54, 1.807) is 31.4 Å². The van der Waals surface area contributed by atoms with E-state index >= 15 is 0 Å². The molecule has 0 aliphatic carbocycles.